The first kappa shape index (κ1) is 11.2. The van der Waals surface area contributed by atoms with Crippen LogP contribution in [-0.2, 0) is 16.7 Å². The van der Waals surface area contributed by atoms with Gasteiger partial charge in [0.2, 0.25) is 0 Å². The minimum absolute atomic E-state index is 0.228. The lowest BCUT2D eigenvalue weighted by Crippen LogP contribution is -2.14. The Kier molecular flexibility index (Phi) is 3.69. The largest absolute Gasteiger partial charge is 0.383 e. The monoisotopic (exact) mass is 196 g/mol. The molecule has 1 aromatic rings. The van der Waals surface area contributed by atoms with Gasteiger partial charge in [0.1, 0.15) is 0 Å². The van der Waals surface area contributed by atoms with Crippen LogP contribution in [0.15, 0.2) is 12.4 Å². The molecular formula is C11H20N2O. The molecule has 0 saturated heterocycles. The van der Waals surface area contributed by atoms with E-state index in [9.17, 15) is 0 Å². The molecule has 0 fully saturated rings. The Labute approximate surface area is 86.1 Å². The summed E-state index contributed by atoms with van der Waals surface area (Å²) in [6.07, 6.45) is 5.20. The van der Waals surface area contributed by atoms with Crippen molar-refractivity contribution in [3.8, 4) is 0 Å². The Bertz CT molecular complexity index is 279. The highest BCUT2D eigenvalue weighted by Gasteiger charge is 2.19. The number of hydrogen-bond donors (Lipinski definition) is 0. The smallest absolute Gasteiger partial charge is 0.0658 e. The second kappa shape index (κ2) is 4.60. The van der Waals surface area contributed by atoms with Gasteiger partial charge >= 0.3 is 0 Å². The number of rotatable bonds is 5. The maximum Gasteiger partial charge on any atom is 0.0658 e. The third-order valence-corrected chi connectivity index (χ3v) is 2.82. The van der Waals surface area contributed by atoms with Gasteiger partial charge in [-0.2, -0.15) is 5.10 Å². The quantitative estimate of drug-likeness (QED) is 0.722. The van der Waals surface area contributed by atoms with Crippen LogP contribution < -0.4 is 0 Å². The van der Waals surface area contributed by atoms with Gasteiger partial charge in [0.05, 0.1) is 19.3 Å². The van der Waals surface area contributed by atoms with Gasteiger partial charge in [-0.1, -0.05) is 20.8 Å². The minimum atomic E-state index is 0.228. The van der Waals surface area contributed by atoms with E-state index in [0.29, 0.717) is 6.61 Å². The molecule has 1 rings (SSSR count). The first-order chi connectivity index (χ1) is 6.60. The molecule has 0 atom stereocenters. The SMILES string of the molecule is CCC(C)(C)c1cnn(CCOC)c1. The minimum Gasteiger partial charge on any atom is -0.383 e. The topological polar surface area (TPSA) is 27.1 Å². The molecule has 0 aliphatic rings. The molecule has 0 aliphatic heterocycles. The van der Waals surface area contributed by atoms with Gasteiger partial charge < -0.3 is 4.74 Å². The van der Waals surface area contributed by atoms with Crippen LogP contribution in [-0.4, -0.2) is 23.5 Å². The summed E-state index contributed by atoms with van der Waals surface area (Å²) < 4.78 is 6.95. The molecule has 0 aromatic carbocycles. The van der Waals surface area contributed by atoms with Crippen molar-refractivity contribution in [2.45, 2.75) is 39.2 Å². The number of hydrogen-bond acceptors (Lipinski definition) is 2. The third-order valence-electron chi connectivity index (χ3n) is 2.82. The van der Waals surface area contributed by atoms with Crippen molar-refractivity contribution in [3.63, 3.8) is 0 Å². The van der Waals surface area contributed by atoms with Gasteiger partial charge in [0.15, 0.2) is 0 Å². The predicted octanol–water partition coefficient (Wildman–Crippen LogP) is 2.22. The normalized spacial score (nSPS) is 12.0. The van der Waals surface area contributed by atoms with Crippen LogP contribution in [0.5, 0.6) is 0 Å². The van der Waals surface area contributed by atoms with E-state index in [-0.39, 0.29) is 5.41 Å². The Morgan fingerprint density at radius 3 is 2.79 bits per heavy atom. The fourth-order valence-corrected chi connectivity index (χ4v) is 1.22. The van der Waals surface area contributed by atoms with E-state index in [1.54, 1.807) is 7.11 Å². The second-order valence-electron chi connectivity index (χ2n) is 4.22. The molecule has 0 N–H and O–H groups in total. The van der Waals surface area contributed by atoms with Crippen LogP contribution in [0.3, 0.4) is 0 Å². The van der Waals surface area contributed by atoms with Crippen molar-refractivity contribution in [2.24, 2.45) is 0 Å². The summed E-state index contributed by atoms with van der Waals surface area (Å²) in [5.41, 5.74) is 1.53. The summed E-state index contributed by atoms with van der Waals surface area (Å²) in [6, 6.07) is 0. The molecule has 0 bridgehead atoms. The Balaban J connectivity index is 2.67. The predicted molar refractivity (Wildman–Crippen MR) is 57.4 cm³/mol. The van der Waals surface area contributed by atoms with Crippen molar-refractivity contribution in [3.05, 3.63) is 18.0 Å². The van der Waals surface area contributed by atoms with E-state index in [1.807, 2.05) is 10.9 Å². The summed E-state index contributed by atoms with van der Waals surface area (Å²) >= 11 is 0. The first-order valence-electron chi connectivity index (χ1n) is 5.12. The van der Waals surface area contributed by atoms with Gasteiger partial charge in [0, 0.05) is 13.3 Å². The Morgan fingerprint density at radius 2 is 2.21 bits per heavy atom. The maximum atomic E-state index is 5.01. The summed E-state index contributed by atoms with van der Waals surface area (Å²) in [7, 11) is 1.71. The highest BCUT2D eigenvalue weighted by atomic mass is 16.5. The molecule has 0 spiro atoms. The van der Waals surface area contributed by atoms with Crippen LogP contribution in [0.4, 0.5) is 0 Å². The second-order valence-corrected chi connectivity index (χ2v) is 4.22. The lowest BCUT2D eigenvalue weighted by Gasteiger charge is -2.20. The number of aromatic nitrogens is 2. The maximum absolute atomic E-state index is 5.01. The lowest BCUT2D eigenvalue weighted by molar-refractivity contribution is 0.183. The summed E-state index contributed by atoms with van der Waals surface area (Å²) in [5, 5.41) is 4.30. The zero-order chi connectivity index (χ0) is 10.6. The average Bonchev–Trinajstić information content (AvgIpc) is 2.63. The van der Waals surface area contributed by atoms with Crippen molar-refractivity contribution in [1.29, 1.82) is 0 Å². The van der Waals surface area contributed by atoms with E-state index >= 15 is 0 Å². The number of ether oxygens (including phenoxy) is 1. The van der Waals surface area contributed by atoms with E-state index in [1.165, 1.54) is 5.56 Å². The number of methoxy groups -OCH3 is 1. The molecule has 0 saturated carbocycles. The summed E-state index contributed by atoms with van der Waals surface area (Å²) in [6.45, 7) is 8.23. The summed E-state index contributed by atoms with van der Waals surface area (Å²) in [5.74, 6) is 0. The van der Waals surface area contributed by atoms with Crippen LogP contribution in [0.25, 0.3) is 0 Å². The molecule has 1 heterocycles. The van der Waals surface area contributed by atoms with Crippen LogP contribution in [0, 0.1) is 0 Å². The van der Waals surface area contributed by atoms with Crippen molar-refractivity contribution in [2.75, 3.05) is 13.7 Å². The van der Waals surface area contributed by atoms with E-state index in [4.69, 9.17) is 4.74 Å². The molecule has 14 heavy (non-hydrogen) atoms. The fraction of sp³-hybridized carbons (Fsp3) is 0.727. The molecule has 0 aliphatic carbocycles. The van der Waals surface area contributed by atoms with Crippen LogP contribution >= 0.6 is 0 Å². The highest BCUT2D eigenvalue weighted by molar-refractivity contribution is 5.16. The fourth-order valence-electron chi connectivity index (χ4n) is 1.22. The zero-order valence-electron chi connectivity index (χ0n) is 9.58. The standard InChI is InChI=1S/C11H20N2O/c1-5-11(2,3)10-8-12-13(9-10)6-7-14-4/h8-9H,5-7H2,1-4H3. The Morgan fingerprint density at radius 1 is 1.50 bits per heavy atom. The molecule has 0 amide bonds. The van der Waals surface area contributed by atoms with Gasteiger partial charge in [-0.25, -0.2) is 0 Å². The van der Waals surface area contributed by atoms with E-state index < -0.39 is 0 Å². The molecular weight excluding hydrogens is 176 g/mol. The van der Waals surface area contributed by atoms with Gasteiger partial charge in [-0.15, -0.1) is 0 Å². The molecule has 80 valence electrons. The van der Waals surface area contributed by atoms with Crippen molar-refractivity contribution >= 4 is 0 Å². The molecule has 0 unspecified atom stereocenters. The lowest BCUT2D eigenvalue weighted by atomic mass is 9.84. The van der Waals surface area contributed by atoms with Gasteiger partial charge in [0.25, 0.3) is 0 Å². The van der Waals surface area contributed by atoms with Gasteiger partial charge in [-0.05, 0) is 17.4 Å². The average molecular weight is 196 g/mol. The van der Waals surface area contributed by atoms with E-state index in [0.717, 1.165) is 13.0 Å². The molecule has 3 heteroatoms. The van der Waals surface area contributed by atoms with Crippen LogP contribution in [0.1, 0.15) is 32.8 Å². The summed E-state index contributed by atoms with van der Waals surface area (Å²) in [4.78, 5) is 0. The zero-order valence-corrected chi connectivity index (χ0v) is 9.58. The molecule has 3 nitrogen and oxygen atoms in total. The Hall–Kier alpha value is -0.830. The molecule has 1 aromatic heterocycles. The highest BCUT2D eigenvalue weighted by Crippen LogP contribution is 2.25. The number of nitrogens with zero attached hydrogens (tertiary/aromatic N) is 2. The first-order valence-corrected chi connectivity index (χ1v) is 5.12. The third kappa shape index (κ3) is 2.58. The van der Waals surface area contributed by atoms with Gasteiger partial charge in [-0.3, -0.25) is 4.68 Å². The van der Waals surface area contributed by atoms with Crippen LogP contribution in [0.2, 0.25) is 0 Å². The van der Waals surface area contributed by atoms with E-state index in [2.05, 4.69) is 32.1 Å². The van der Waals surface area contributed by atoms with Crippen molar-refractivity contribution in [1.82, 2.24) is 9.78 Å². The molecule has 0 radical (unpaired) electrons. The van der Waals surface area contributed by atoms with Crippen molar-refractivity contribution < 1.29 is 4.74 Å².